The summed E-state index contributed by atoms with van der Waals surface area (Å²) in [4.78, 5) is 24.0. The number of aromatic nitrogens is 2. The maximum atomic E-state index is 12.2. The summed E-state index contributed by atoms with van der Waals surface area (Å²) in [5.74, 6) is 0.375. The van der Waals surface area contributed by atoms with E-state index in [4.69, 9.17) is 16.3 Å². The number of nitrogens with zero attached hydrogens (tertiary/aromatic N) is 4. The van der Waals surface area contributed by atoms with E-state index < -0.39 is 0 Å². The molecule has 1 aliphatic heterocycles. The van der Waals surface area contributed by atoms with E-state index in [9.17, 15) is 4.79 Å². The van der Waals surface area contributed by atoms with Gasteiger partial charge in [-0.3, -0.25) is 4.79 Å². The third-order valence-electron chi connectivity index (χ3n) is 3.70. The van der Waals surface area contributed by atoms with E-state index in [-0.39, 0.29) is 12.5 Å². The Balaban J connectivity index is 1.49. The van der Waals surface area contributed by atoms with E-state index in [1.807, 2.05) is 29.2 Å². The second kappa shape index (κ2) is 7.28. The SMILES string of the molecule is O=C(COc1ccncn1)N1CCN(c2cccc(Cl)c2)CC1. The Morgan fingerprint density at radius 2 is 2.04 bits per heavy atom. The molecular formula is C16H17ClN4O2. The first-order valence-electron chi connectivity index (χ1n) is 7.39. The number of rotatable bonds is 4. The van der Waals surface area contributed by atoms with Crippen LogP contribution in [0, 0.1) is 0 Å². The number of ether oxygens (including phenoxy) is 1. The van der Waals surface area contributed by atoms with Crippen molar-refractivity contribution >= 4 is 23.2 Å². The Bertz CT molecular complexity index is 660. The molecule has 1 fully saturated rings. The topological polar surface area (TPSA) is 58.6 Å². The van der Waals surface area contributed by atoms with Crippen molar-refractivity contribution in [1.29, 1.82) is 0 Å². The van der Waals surface area contributed by atoms with Crippen LogP contribution in [-0.2, 0) is 4.79 Å². The summed E-state index contributed by atoms with van der Waals surface area (Å²) in [5.41, 5.74) is 1.09. The molecule has 0 radical (unpaired) electrons. The molecule has 0 atom stereocenters. The summed E-state index contributed by atoms with van der Waals surface area (Å²) in [5, 5.41) is 0.722. The van der Waals surface area contributed by atoms with Gasteiger partial charge in [0.1, 0.15) is 6.33 Å². The Labute approximate surface area is 139 Å². The van der Waals surface area contributed by atoms with Gasteiger partial charge in [-0.05, 0) is 18.2 Å². The molecule has 0 aliphatic carbocycles. The van der Waals surface area contributed by atoms with Crippen LogP contribution < -0.4 is 9.64 Å². The van der Waals surface area contributed by atoms with Crippen LogP contribution in [0.4, 0.5) is 5.69 Å². The predicted molar refractivity (Wildman–Crippen MR) is 87.8 cm³/mol. The minimum atomic E-state index is -0.0330. The van der Waals surface area contributed by atoms with Crippen molar-refractivity contribution in [3.05, 3.63) is 47.9 Å². The van der Waals surface area contributed by atoms with Crippen molar-refractivity contribution in [1.82, 2.24) is 14.9 Å². The standard InChI is InChI=1S/C16H17ClN4O2/c17-13-2-1-3-14(10-13)20-6-8-21(9-7-20)16(22)11-23-15-4-5-18-12-19-15/h1-5,10,12H,6-9,11H2. The molecule has 1 aromatic carbocycles. The molecule has 6 nitrogen and oxygen atoms in total. The number of carbonyl (C=O) groups excluding carboxylic acids is 1. The Hall–Kier alpha value is -2.34. The van der Waals surface area contributed by atoms with Gasteiger partial charge in [-0.1, -0.05) is 17.7 Å². The summed E-state index contributed by atoms with van der Waals surface area (Å²) < 4.78 is 5.37. The summed E-state index contributed by atoms with van der Waals surface area (Å²) in [6.07, 6.45) is 2.97. The van der Waals surface area contributed by atoms with E-state index in [1.165, 1.54) is 6.33 Å². The fraction of sp³-hybridized carbons (Fsp3) is 0.312. The number of hydrogen-bond acceptors (Lipinski definition) is 5. The zero-order chi connectivity index (χ0) is 16.1. The molecule has 7 heteroatoms. The predicted octanol–water partition coefficient (Wildman–Crippen LogP) is 1.86. The quantitative estimate of drug-likeness (QED) is 0.855. The van der Waals surface area contributed by atoms with Crippen LogP contribution in [0.25, 0.3) is 0 Å². The summed E-state index contributed by atoms with van der Waals surface area (Å²) in [6.45, 7) is 2.88. The van der Waals surface area contributed by atoms with Gasteiger partial charge in [-0.15, -0.1) is 0 Å². The molecule has 2 heterocycles. The number of piperazine rings is 1. The number of halogens is 1. The van der Waals surface area contributed by atoms with Gasteiger partial charge in [-0.2, -0.15) is 0 Å². The number of benzene rings is 1. The van der Waals surface area contributed by atoms with E-state index in [0.717, 1.165) is 23.8 Å². The van der Waals surface area contributed by atoms with Gasteiger partial charge in [0.25, 0.3) is 5.91 Å². The maximum absolute atomic E-state index is 12.2. The van der Waals surface area contributed by atoms with Gasteiger partial charge >= 0.3 is 0 Å². The van der Waals surface area contributed by atoms with Crippen molar-refractivity contribution in [2.45, 2.75) is 0 Å². The van der Waals surface area contributed by atoms with E-state index in [1.54, 1.807) is 12.3 Å². The fourth-order valence-corrected chi connectivity index (χ4v) is 2.66. The van der Waals surface area contributed by atoms with Gasteiger partial charge in [0.05, 0.1) is 0 Å². The third-order valence-corrected chi connectivity index (χ3v) is 3.94. The highest BCUT2D eigenvalue weighted by molar-refractivity contribution is 6.30. The third kappa shape index (κ3) is 4.10. The number of anilines is 1. The van der Waals surface area contributed by atoms with Gasteiger partial charge in [0.2, 0.25) is 5.88 Å². The molecule has 3 rings (SSSR count). The van der Waals surface area contributed by atoms with E-state index in [0.29, 0.717) is 19.0 Å². The second-order valence-electron chi connectivity index (χ2n) is 5.18. The second-order valence-corrected chi connectivity index (χ2v) is 5.62. The average Bonchev–Trinajstić information content (AvgIpc) is 2.61. The zero-order valence-electron chi connectivity index (χ0n) is 12.6. The minimum Gasteiger partial charge on any atom is -0.467 e. The molecule has 1 aliphatic rings. The van der Waals surface area contributed by atoms with E-state index >= 15 is 0 Å². The summed E-state index contributed by atoms with van der Waals surface area (Å²) in [6, 6.07) is 9.39. The minimum absolute atomic E-state index is 0.00578. The molecule has 0 unspecified atom stereocenters. The van der Waals surface area contributed by atoms with Crippen molar-refractivity contribution < 1.29 is 9.53 Å². The number of carbonyl (C=O) groups is 1. The smallest absolute Gasteiger partial charge is 0.260 e. The fourth-order valence-electron chi connectivity index (χ4n) is 2.48. The molecule has 1 aromatic heterocycles. The first-order valence-corrected chi connectivity index (χ1v) is 7.77. The van der Waals surface area contributed by atoms with Crippen LogP contribution in [0.5, 0.6) is 5.88 Å². The van der Waals surface area contributed by atoms with Gasteiger partial charge in [0, 0.05) is 49.2 Å². The van der Waals surface area contributed by atoms with Crippen LogP contribution in [0.1, 0.15) is 0 Å². The zero-order valence-corrected chi connectivity index (χ0v) is 13.3. The van der Waals surface area contributed by atoms with Crippen LogP contribution in [0.3, 0.4) is 0 Å². The average molecular weight is 333 g/mol. The van der Waals surface area contributed by atoms with Gasteiger partial charge in [0.15, 0.2) is 6.61 Å². The monoisotopic (exact) mass is 332 g/mol. The largest absolute Gasteiger partial charge is 0.467 e. The van der Waals surface area contributed by atoms with Crippen LogP contribution in [0.2, 0.25) is 5.02 Å². The highest BCUT2D eigenvalue weighted by Crippen LogP contribution is 2.20. The lowest BCUT2D eigenvalue weighted by Gasteiger charge is -2.36. The molecule has 0 N–H and O–H groups in total. The molecule has 0 bridgehead atoms. The molecule has 0 saturated carbocycles. The van der Waals surface area contributed by atoms with Crippen LogP contribution in [0.15, 0.2) is 42.9 Å². The van der Waals surface area contributed by atoms with Gasteiger partial charge in [-0.25, -0.2) is 9.97 Å². The molecule has 23 heavy (non-hydrogen) atoms. The van der Waals surface area contributed by atoms with E-state index in [2.05, 4.69) is 14.9 Å². The van der Waals surface area contributed by atoms with Gasteiger partial charge < -0.3 is 14.5 Å². The first kappa shape index (κ1) is 15.6. The molecule has 0 spiro atoms. The Kier molecular flexibility index (Phi) is 4.92. The molecule has 120 valence electrons. The molecule has 1 saturated heterocycles. The Morgan fingerprint density at radius 1 is 1.22 bits per heavy atom. The lowest BCUT2D eigenvalue weighted by atomic mass is 10.2. The summed E-state index contributed by atoms with van der Waals surface area (Å²) >= 11 is 6.02. The van der Waals surface area contributed by atoms with Crippen LogP contribution in [-0.4, -0.2) is 53.6 Å². The van der Waals surface area contributed by atoms with Crippen LogP contribution >= 0.6 is 11.6 Å². The number of amides is 1. The molecule has 1 amide bonds. The highest BCUT2D eigenvalue weighted by Gasteiger charge is 2.21. The summed E-state index contributed by atoms with van der Waals surface area (Å²) in [7, 11) is 0. The number of hydrogen-bond donors (Lipinski definition) is 0. The van der Waals surface area contributed by atoms with Crippen molar-refractivity contribution in [2.75, 3.05) is 37.7 Å². The molecular weight excluding hydrogens is 316 g/mol. The lowest BCUT2D eigenvalue weighted by Crippen LogP contribution is -2.50. The van der Waals surface area contributed by atoms with Crippen molar-refractivity contribution in [3.8, 4) is 5.88 Å². The normalized spacial score (nSPS) is 14.7. The maximum Gasteiger partial charge on any atom is 0.260 e. The van der Waals surface area contributed by atoms with Crippen molar-refractivity contribution in [2.24, 2.45) is 0 Å². The Morgan fingerprint density at radius 3 is 2.74 bits per heavy atom. The first-order chi connectivity index (χ1) is 11.2. The van der Waals surface area contributed by atoms with Crippen molar-refractivity contribution in [3.63, 3.8) is 0 Å². The molecule has 2 aromatic rings. The highest BCUT2D eigenvalue weighted by atomic mass is 35.5. The lowest BCUT2D eigenvalue weighted by molar-refractivity contribution is -0.133.